The molecule has 0 aromatic heterocycles. The predicted octanol–water partition coefficient (Wildman–Crippen LogP) is 7.51. The van der Waals surface area contributed by atoms with Crippen molar-refractivity contribution in [1.29, 1.82) is 0 Å². The molecule has 2 saturated heterocycles. The number of unbranched alkanes of at least 4 members (excludes halogenated alkanes) is 30. The van der Waals surface area contributed by atoms with Crippen LogP contribution in [0.15, 0.2) is 0 Å². The van der Waals surface area contributed by atoms with E-state index in [-0.39, 0.29) is 12.7 Å². The van der Waals surface area contributed by atoms with Gasteiger partial charge >= 0.3 is 0 Å². The quantitative estimate of drug-likeness (QED) is 0.0270. The monoisotopic (exact) mass is 939 g/mol. The van der Waals surface area contributed by atoms with Crippen LogP contribution in [0.1, 0.15) is 219 Å². The van der Waals surface area contributed by atoms with Crippen LogP contribution in [0.2, 0.25) is 0 Å². The molecule has 0 saturated carbocycles. The Morgan fingerprint density at radius 3 is 1.17 bits per heavy atom. The first-order valence-electron chi connectivity index (χ1n) is 26.7. The highest BCUT2D eigenvalue weighted by Crippen LogP contribution is 2.28. The third-order valence-corrected chi connectivity index (χ3v) is 13.0. The summed E-state index contributed by atoms with van der Waals surface area (Å²) >= 11 is 0. The van der Waals surface area contributed by atoms with Crippen LogP contribution in [0, 0.1) is 0 Å². The summed E-state index contributed by atoms with van der Waals surface area (Å²) < 4.78 is 26.9. The second kappa shape index (κ2) is 43.5. The standard InChI is InChI=1S/C39H80O3.C12H22O11/c1-3-5-7-9-11-13-15-17-19-21-23-25-27-29-31-33-35-41-38-39(37-40)42-36-34-32-30-28-26-24-22-20-18-16-14-12-10-8-6-4-2;13-1-3-5(15)6(16)9(19)12(22-3)23-10-4(2-14)21-11(20)8(18)7(10)17/h39-40H,3-38H2,1-2H3;3-20H,1-2H2/t;3-,4-,5-,6+,7-,8-,9-,10-,11-,12-/m.1/s1. The summed E-state index contributed by atoms with van der Waals surface area (Å²) in [6.07, 6.45) is 28.7. The lowest BCUT2D eigenvalue weighted by Crippen LogP contribution is -2.64. The molecule has 0 aromatic rings. The smallest absolute Gasteiger partial charge is 0.187 e. The molecule has 2 aliphatic rings. The first-order valence-corrected chi connectivity index (χ1v) is 26.7. The van der Waals surface area contributed by atoms with Crippen molar-refractivity contribution >= 4 is 0 Å². The molecule has 14 nitrogen and oxygen atoms in total. The minimum atomic E-state index is -1.74. The van der Waals surface area contributed by atoms with Crippen LogP contribution in [0.25, 0.3) is 0 Å². The summed E-state index contributed by atoms with van der Waals surface area (Å²) in [6, 6.07) is 0. The summed E-state index contributed by atoms with van der Waals surface area (Å²) in [4.78, 5) is 0. The minimum Gasteiger partial charge on any atom is -0.394 e. The van der Waals surface area contributed by atoms with Gasteiger partial charge in [-0.25, -0.2) is 0 Å². The fourth-order valence-corrected chi connectivity index (χ4v) is 8.59. The van der Waals surface area contributed by atoms with Crippen molar-refractivity contribution in [1.82, 2.24) is 0 Å². The van der Waals surface area contributed by atoms with Crippen LogP contribution in [0.5, 0.6) is 0 Å². The third kappa shape index (κ3) is 30.6. The summed E-state index contributed by atoms with van der Waals surface area (Å²) in [7, 11) is 0. The van der Waals surface area contributed by atoms with Gasteiger partial charge in [-0.2, -0.15) is 0 Å². The van der Waals surface area contributed by atoms with Gasteiger partial charge in [-0.05, 0) is 12.8 Å². The van der Waals surface area contributed by atoms with E-state index >= 15 is 0 Å². The van der Waals surface area contributed by atoms with E-state index in [1.54, 1.807) is 0 Å². The van der Waals surface area contributed by atoms with Crippen molar-refractivity contribution in [3.63, 3.8) is 0 Å². The van der Waals surface area contributed by atoms with E-state index in [2.05, 4.69) is 13.8 Å². The Kier molecular flexibility index (Phi) is 41.8. The molecule has 2 fully saturated rings. The SMILES string of the molecule is CCCCCCCCCCCCCCCCCCOCC(CO)OCCCCCCCCCCCCCCCCCC.OC[C@H]1O[C@H](O[C@H]2[C@H](O)[C@@H](O)[C@H](O)O[C@@H]2CO)[C@H](O)[C@@H](O)[C@@H]1O. The molecule has 9 N–H and O–H groups in total. The van der Waals surface area contributed by atoms with E-state index in [9.17, 15) is 40.9 Å². The van der Waals surface area contributed by atoms with Crippen molar-refractivity contribution in [3.05, 3.63) is 0 Å². The molecule has 11 atom stereocenters. The van der Waals surface area contributed by atoms with E-state index in [1.807, 2.05) is 0 Å². The molecule has 390 valence electrons. The zero-order chi connectivity index (χ0) is 47.8. The molecule has 65 heavy (non-hydrogen) atoms. The third-order valence-electron chi connectivity index (χ3n) is 13.0. The lowest BCUT2D eigenvalue weighted by atomic mass is 9.97. The van der Waals surface area contributed by atoms with E-state index < -0.39 is 74.6 Å². The fourth-order valence-electron chi connectivity index (χ4n) is 8.59. The first-order chi connectivity index (χ1) is 31.7. The molecular weight excluding hydrogens is 837 g/mol. The highest BCUT2D eigenvalue weighted by atomic mass is 16.7. The van der Waals surface area contributed by atoms with Gasteiger partial charge in [0.1, 0.15) is 54.9 Å². The molecule has 0 aromatic carbocycles. The number of ether oxygens (including phenoxy) is 5. The molecule has 0 amide bonds. The Morgan fingerprint density at radius 1 is 0.400 bits per heavy atom. The first kappa shape index (κ1) is 62.5. The van der Waals surface area contributed by atoms with Gasteiger partial charge in [0.05, 0.1) is 26.4 Å². The maximum absolute atomic E-state index is 9.94. The van der Waals surface area contributed by atoms with E-state index in [0.29, 0.717) is 6.61 Å². The van der Waals surface area contributed by atoms with Crippen molar-refractivity contribution in [3.8, 4) is 0 Å². The fraction of sp³-hybridized carbons (Fsp3) is 1.00. The molecule has 0 aliphatic carbocycles. The molecule has 0 radical (unpaired) electrons. The number of aliphatic hydroxyl groups is 9. The lowest BCUT2D eigenvalue weighted by Gasteiger charge is -2.45. The topological polar surface area (TPSA) is 228 Å². The minimum absolute atomic E-state index is 0.0673. The van der Waals surface area contributed by atoms with Crippen LogP contribution in [-0.2, 0) is 23.7 Å². The largest absolute Gasteiger partial charge is 0.394 e. The van der Waals surface area contributed by atoms with E-state index in [4.69, 9.17) is 28.8 Å². The number of hydrogen-bond acceptors (Lipinski definition) is 14. The Balaban J connectivity index is 0.000000765. The predicted molar refractivity (Wildman–Crippen MR) is 255 cm³/mol. The van der Waals surface area contributed by atoms with E-state index in [1.165, 1.54) is 193 Å². The normalized spacial score (nSPS) is 26.3. The summed E-state index contributed by atoms with van der Waals surface area (Å²) in [5.74, 6) is 0. The zero-order valence-corrected chi connectivity index (χ0v) is 41.3. The second-order valence-electron chi connectivity index (χ2n) is 18.9. The van der Waals surface area contributed by atoms with E-state index in [0.717, 1.165) is 26.1 Å². The Bertz CT molecular complexity index is 995. The van der Waals surface area contributed by atoms with Gasteiger partial charge in [-0.15, -0.1) is 0 Å². The molecule has 1 unspecified atom stereocenters. The maximum atomic E-state index is 9.94. The van der Waals surface area contributed by atoms with Gasteiger partial charge in [0.2, 0.25) is 0 Å². The van der Waals surface area contributed by atoms with Crippen LogP contribution >= 0.6 is 0 Å². The highest BCUT2D eigenvalue weighted by molar-refractivity contribution is 4.93. The summed E-state index contributed by atoms with van der Waals surface area (Å²) in [5, 5.41) is 86.1. The molecular formula is C51H102O14. The Labute approximate surface area is 395 Å². The summed E-state index contributed by atoms with van der Waals surface area (Å²) in [6.45, 7) is 5.40. The van der Waals surface area contributed by atoms with Crippen molar-refractivity contribution in [2.45, 2.75) is 287 Å². The number of hydrogen-bond donors (Lipinski definition) is 9. The van der Waals surface area contributed by atoms with Gasteiger partial charge in [-0.1, -0.05) is 206 Å². The number of rotatable bonds is 42. The van der Waals surface area contributed by atoms with Crippen LogP contribution < -0.4 is 0 Å². The Hall–Kier alpha value is -0.560. The van der Waals surface area contributed by atoms with Gasteiger partial charge in [0, 0.05) is 13.2 Å². The molecule has 2 aliphatic heterocycles. The summed E-state index contributed by atoms with van der Waals surface area (Å²) in [5.41, 5.74) is 0. The van der Waals surface area contributed by atoms with Crippen molar-refractivity contribution in [2.75, 3.05) is 39.6 Å². The second-order valence-corrected chi connectivity index (χ2v) is 18.9. The van der Waals surface area contributed by atoms with Crippen LogP contribution in [0.4, 0.5) is 0 Å². The highest BCUT2D eigenvalue weighted by Gasteiger charge is 2.50. The average molecular weight is 939 g/mol. The molecule has 2 rings (SSSR count). The van der Waals surface area contributed by atoms with Crippen LogP contribution in [0.3, 0.4) is 0 Å². The molecule has 14 heteroatoms. The average Bonchev–Trinajstić information content (AvgIpc) is 3.31. The van der Waals surface area contributed by atoms with Gasteiger partial charge < -0.3 is 69.6 Å². The van der Waals surface area contributed by atoms with Gasteiger partial charge in [0.15, 0.2) is 12.6 Å². The van der Waals surface area contributed by atoms with Crippen LogP contribution in [-0.4, -0.2) is 153 Å². The maximum Gasteiger partial charge on any atom is 0.187 e. The van der Waals surface area contributed by atoms with Crippen molar-refractivity contribution in [2.24, 2.45) is 0 Å². The van der Waals surface area contributed by atoms with Gasteiger partial charge in [-0.3, -0.25) is 0 Å². The molecule has 2 heterocycles. The zero-order valence-electron chi connectivity index (χ0n) is 41.3. The number of aliphatic hydroxyl groups excluding tert-OH is 9. The lowest BCUT2D eigenvalue weighted by molar-refractivity contribution is -0.355. The van der Waals surface area contributed by atoms with Gasteiger partial charge in [0.25, 0.3) is 0 Å². The molecule has 0 spiro atoms. The molecule has 0 bridgehead atoms. The Morgan fingerprint density at radius 2 is 0.785 bits per heavy atom. The van der Waals surface area contributed by atoms with Crippen molar-refractivity contribution < 1.29 is 69.6 Å².